The van der Waals surface area contributed by atoms with Gasteiger partial charge < -0.3 is 5.11 Å². The third-order valence-corrected chi connectivity index (χ3v) is 3.44. The van der Waals surface area contributed by atoms with Gasteiger partial charge in [0.25, 0.3) is 0 Å². The molecule has 0 bridgehead atoms. The maximum atomic E-state index is 11.4. The minimum absolute atomic E-state index is 0.141. The summed E-state index contributed by atoms with van der Waals surface area (Å²) in [7, 11) is 0. The van der Waals surface area contributed by atoms with Crippen LogP contribution in [0.2, 0.25) is 0 Å². The first-order chi connectivity index (χ1) is 7.94. The van der Waals surface area contributed by atoms with Gasteiger partial charge in [0, 0.05) is 6.54 Å². The maximum Gasteiger partial charge on any atom is 0.323 e. The smallest absolute Gasteiger partial charge is 0.323 e. The molecule has 1 aliphatic rings. The van der Waals surface area contributed by atoms with Crippen molar-refractivity contribution < 1.29 is 9.90 Å². The van der Waals surface area contributed by atoms with Crippen molar-refractivity contribution in [1.82, 2.24) is 5.32 Å². The SMILES string of the molecule is CC1(C)CC(NCc2ccccc2)(C(=O)O)C1. The molecule has 1 aromatic rings. The monoisotopic (exact) mass is 233 g/mol. The lowest BCUT2D eigenvalue weighted by Gasteiger charge is -2.50. The van der Waals surface area contributed by atoms with Crippen molar-refractivity contribution >= 4 is 5.97 Å². The first-order valence-corrected chi connectivity index (χ1v) is 5.96. The van der Waals surface area contributed by atoms with E-state index in [0.717, 1.165) is 5.56 Å². The highest BCUT2D eigenvalue weighted by molar-refractivity contribution is 5.80. The third kappa shape index (κ3) is 2.50. The van der Waals surface area contributed by atoms with Crippen LogP contribution in [0.15, 0.2) is 30.3 Å². The zero-order valence-corrected chi connectivity index (χ0v) is 10.4. The molecule has 2 rings (SSSR count). The maximum absolute atomic E-state index is 11.4. The van der Waals surface area contributed by atoms with Gasteiger partial charge in [0.1, 0.15) is 5.54 Å². The van der Waals surface area contributed by atoms with Gasteiger partial charge in [-0.15, -0.1) is 0 Å². The summed E-state index contributed by atoms with van der Waals surface area (Å²) in [6, 6.07) is 9.91. The number of hydrogen-bond donors (Lipinski definition) is 2. The zero-order chi connectivity index (χ0) is 12.5. The summed E-state index contributed by atoms with van der Waals surface area (Å²) < 4.78 is 0. The van der Waals surface area contributed by atoms with Crippen LogP contribution in [0, 0.1) is 5.41 Å². The Labute approximate surface area is 102 Å². The van der Waals surface area contributed by atoms with E-state index in [1.807, 2.05) is 30.3 Å². The topological polar surface area (TPSA) is 49.3 Å². The van der Waals surface area contributed by atoms with Crippen molar-refractivity contribution in [3.05, 3.63) is 35.9 Å². The Morgan fingerprint density at radius 3 is 2.35 bits per heavy atom. The first kappa shape index (κ1) is 12.1. The molecule has 0 radical (unpaired) electrons. The highest BCUT2D eigenvalue weighted by atomic mass is 16.4. The average Bonchev–Trinajstić information content (AvgIpc) is 2.24. The van der Waals surface area contributed by atoms with Crippen molar-refractivity contribution in [2.45, 2.75) is 38.8 Å². The number of hydrogen-bond acceptors (Lipinski definition) is 2. The Bertz CT molecular complexity index is 403. The second kappa shape index (κ2) is 4.15. The van der Waals surface area contributed by atoms with E-state index < -0.39 is 11.5 Å². The Balaban J connectivity index is 1.99. The third-order valence-electron chi connectivity index (χ3n) is 3.44. The summed E-state index contributed by atoms with van der Waals surface area (Å²) in [4.78, 5) is 11.4. The number of nitrogens with one attached hydrogen (secondary N) is 1. The molecule has 92 valence electrons. The minimum Gasteiger partial charge on any atom is -0.480 e. The highest BCUT2D eigenvalue weighted by Gasteiger charge is 2.54. The summed E-state index contributed by atoms with van der Waals surface area (Å²) in [5, 5.41) is 12.5. The number of carbonyl (C=O) groups is 1. The van der Waals surface area contributed by atoms with Crippen LogP contribution < -0.4 is 5.32 Å². The van der Waals surface area contributed by atoms with Crippen LogP contribution in [0.5, 0.6) is 0 Å². The van der Waals surface area contributed by atoms with E-state index in [4.69, 9.17) is 0 Å². The molecular formula is C14H19NO2. The van der Waals surface area contributed by atoms with E-state index in [1.165, 1.54) is 0 Å². The lowest BCUT2D eigenvalue weighted by atomic mass is 9.59. The molecule has 3 heteroatoms. The summed E-state index contributed by atoms with van der Waals surface area (Å²) in [5.74, 6) is -0.729. The molecule has 0 atom stereocenters. The van der Waals surface area contributed by atoms with Crippen LogP contribution >= 0.6 is 0 Å². The molecule has 0 amide bonds. The molecule has 2 N–H and O–H groups in total. The number of carboxylic acid groups (broad SMARTS) is 1. The molecule has 1 fully saturated rings. The summed E-state index contributed by atoms with van der Waals surface area (Å²) in [6.07, 6.45) is 1.39. The van der Waals surface area contributed by atoms with Crippen LogP contribution in [0.1, 0.15) is 32.3 Å². The van der Waals surface area contributed by atoms with Crippen molar-refractivity contribution in [3.63, 3.8) is 0 Å². The predicted octanol–water partition coefficient (Wildman–Crippen LogP) is 2.42. The number of benzene rings is 1. The second-order valence-electron chi connectivity index (χ2n) is 5.74. The van der Waals surface area contributed by atoms with Gasteiger partial charge >= 0.3 is 5.97 Å². The Hall–Kier alpha value is -1.35. The number of aliphatic carboxylic acids is 1. The molecule has 3 nitrogen and oxygen atoms in total. The normalized spacial score (nSPS) is 20.6. The zero-order valence-electron chi connectivity index (χ0n) is 10.4. The van der Waals surface area contributed by atoms with Crippen LogP contribution in [-0.2, 0) is 11.3 Å². The lowest BCUT2D eigenvalue weighted by molar-refractivity contribution is -0.155. The van der Waals surface area contributed by atoms with Gasteiger partial charge in [-0.05, 0) is 23.8 Å². The molecule has 0 spiro atoms. The van der Waals surface area contributed by atoms with E-state index in [0.29, 0.717) is 19.4 Å². The molecular weight excluding hydrogens is 214 g/mol. The van der Waals surface area contributed by atoms with Gasteiger partial charge in [0.2, 0.25) is 0 Å². The summed E-state index contributed by atoms with van der Waals surface area (Å²) in [5.41, 5.74) is 0.541. The first-order valence-electron chi connectivity index (χ1n) is 5.96. The second-order valence-corrected chi connectivity index (χ2v) is 5.74. The van der Waals surface area contributed by atoms with Crippen molar-refractivity contribution in [1.29, 1.82) is 0 Å². The molecule has 1 saturated carbocycles. The Morgan fingerprint density at radius 2 is 1.88 bits per heavy atom. The molecule has 0 saturated heterocycles. The van der Waals surface area contributed by atoms with Crippen molar-refractivity contribution in [2.24, 2.45) is 5.41 Å². The predicted molar refractivity (Wildman–Crippen MR) is 66.7 cm³/mol. The van der Waals surface area contributed by atoms with Gasteiger partial charge in [-0.2, -0.15) is 0 Å². The van der Waals surface area contributed by atoms with Gasteiger partial charge in [0.05, 0.1) is 0 Å². The standard InChI is InChI=1S/C14H19NO2/c1-13(2)9-14(10-13,12(16)17)15-8-11-6-4-3-5-7-11/h3-7,15H,8-10H2,1-2H3,(H,16,17). The highest BCUT2D eigenvalue weighted by Crippen LogP contribution is 2.48. The van der Waals surface area contributed by atoms with Gasteiger partial charge in [-0.3, -0.25) is 10.1 Å². The fourth-order valence-electron chi connectivity index (χ4n) is 2.80. The molecule has 0 aromatic heterocycles. The molecule has 1 aliphatic carbocycles. The quantitative estimate of drug-likeness (QED) is 0.839. The van der Waals surface area contributed by atoms with E-state index in [9.17, 15) is 9.90 Å². The average molecular weight is 233 g/mol. The van der Waals surface area contributed by atoms with Crippen LogP contribution in [0.4, 0.5) is 0 Å². The van der Waals surface area contributed by atoms with Gasteiger partial charge in [0.15, 0.2) is 0 Å². The van der Waals surface area contributed by atoms with E-state index in [1.54, 1.807) is 0 Å². The number of carboxylic acids is 1. The fourth-order valence-corrected chi connectivity index (χ4v) is 2.80. The Morgan fingerprint density at radius 1 is 1.29 bits per heavy atom. The Kier molecular flexibility index (Phi) is 2.96. The van der Waals surface area contributed by atoms with Crippen molar-refractivity contribution in [3.8, 4) is 0 Å². The van der Waals surface area contributed by atoms with E-state index in [2.05, 4.69) is 19.2 Å². The summed E-state index contributed by atoms with van der Waals surface area (Å²) >= 11 is 0. The largest absolute Gasteiger partial charge is 0.480 e. The van der Waals surface area contributed by atoms with Crippen molar-refractivity contribution in [2.75, 3.05) is 0 Å². The fraction of sp³-hybridized carbons (Fsp3) is 0.500. The van der Waals surface area contributed by atoms with Crippen LogP contribution in [0.3, 0.4) is 0 Å². The minimum atomic E-state index is -0.729. The van der Waals surface area contributed by atoms with E-state index in [-0.39, 0.29) is 5.41 Å². The van der Waals surface area contributed by atoms with E-state index >= 15 is 0 Å². The molecule has 0 unspecified atom stereocenters. The molecule has 17 heavy (non-hydrogen) atoms. The van der Waals surface area contributed by atoms with Crippen LogP contribution in [-0.4, -0.2) is 16.6 Å². The molecule has 1 aromatic carbocycles. The van der Waals surface area contributed by atoms with Gasteiger partial charge in [-0.1, -0.05) is 44.2 Å². The molecule has 0 heterocycles. The summed E-state index contributed by atoms with van der Waals surface area (Å²) in [6.45, 7) is 4.83. The number of rotatable bonds is 4. The lowest BCUT2D eigenvalue weighted by Crippen LogP contribution is -2.63. The molecule has 0 aliphatic heterocycles. The van der Waals surface area contributed by atoms with Crippen LogP contribution in [0.25, 0.3) is 0 Å². The van der Waals surface area contributed by atoms with Gasteiger partial charge in [-0.25, -0.2) is 0 Å².